The van der Waals surface area contributed by atoms with Gasteiger partial charge in [-0.2, -0.15) is 0 Å². The molecule has 0 aromatic heterocycles. The number of anilines is 1. The predicted octanol–water partition coefficient (Wildman–Crippen LogP) is -2.61. The number of nitrogens with zero attached hydrogens (tertiary/aromatic N) is 1. The van der Waals surface area contributed by atoms with Crippen molar-refractivity contribution in [1.82, 2.24) is 0 Å². The molecule has 9 nitrogen and oxygen atoms in total. The largest absolute Gasteiger partial charge is 0.545 e. The summed E-state index contributed by atoms with van der Waals surface area (Å²) in [5, 5.41) is 10.9. The van der Waals surface area contributed by atoms with Gasteiger partial charge in [-0.3, -0.25) is 9.59 Å². The number of hydrogen-bond donors (Lipinski definition) is 2. The van der Waals surface area contributed by atoms with Gasteiger partial charge in [0.1, 0.15) is 32.7 Å². The van der Waals surface area contributed by atoms with Gasteiger partial charge in [0.2, 0.25) is 12.7 Å². The van der Waals surface area contributed by atoms with E-state index < -0.39 is 12.0 Å². The van der Waals surface area contributed by atoms with Crippen LogP contribution in [-0.4, -0.2) is 56.8 Å². The van der Waals surface area contributed by atoms with Crippen molar-refractivity contribution in [3.63, 3.8) is 0 Å². The molecule has 0 aliphatic carbocycles. The standard InChI is InChI=1S/C23H23N3O6/c27-21-12-18(22(28)26(21)17-4-2-16(3-5-17)23(29)30)25-9-7-24(8-10-25)13-15-1-6-19-20(11-15)32-14-31-19/h1-6,11,18H,7-10,12-14H2,(H,29,30)/p+1/t18-/m0/s1. The van der Waals surface area contributed by atoms with E-state index in [1.165, 1.54) is 39.6 Å². The Morgan fingerprint density at radius 3 is 2.44 bits per heavy atom. The fourth-order valence-corrected chi connectivity index (χ4v) is 4.76. The molecule has 0 saturated carbocycles. The molecule has 2 amide bonds. The quantitative estimate of drug-likeness (QED) is 0.496. The second kappa shape index (κ2) is 8.25. The zero-order valence-electron chi connectivity index (χ0n) is 17.5. The van der Waals surface area contributed by atoms with Crippen molar-refractivity contribution in [2.24, 2.45) is 0 Å². The molecule has 0 unspecified atom stereocenters. The lowest BCUT2D eigenvalue weighted by Gasteiger charge is -2.32. The number of rotatable bonds is 5. The Bertz CT molecular complexity index is 1060. The maximum Gasteiger partial charge on any atom is 0.292 e. The van der Waals surface area contributed by atoms with Crippen LogP contribution < -0.4 is 29.3 Å². The molecular weight excluding hydrogens is 414 g/mol. The topological polar surface area (TPSA) is 105 Å². The molecule has 0 bridgehead atoms. The van der Waals surface area contributed by atoms with Crippen LogP contribution in [0, 0.1) is 0 Å². The molecule has 2 saturated heterocycles. The number of quaternary nitrogens is 2. The molecule has 32 heavy (non-hydrogen) atoms. The molecule has 3 heterocycles. The van der Waals surface area contributed by atoms with E-state index in [0.29, 0.717) is 5.69 Å². The number of amides is 2. The van der Waals surface area contributed by atoms with Crippen molar-refractivity contribution >= 4 is 23.5 Å². The maximum atomic E-state index is 13.0. The summed E-state index contributed by atoms with van der Waals surface area (Å²) in [5.74, 6) is -0.191. The lowest BCUT2D eigenvalue weighted by atomic mass is 10.1. The van der Waals surface area contributed by atoms with Crippen LogP contribution in [0.3, 0.4) is 0 Å². The smallest absolute Gasteiger partial charge is 0.292 e. The Morgan fingerprint density at radius 1 is 1.00 bits per heavy atom. The number of piperazine rings is 1. The third kappa shape index (κ3) is 3.80. The molecule has 9 heteroatoms. The van der Waals surface area contributed by atoms with Crippen molar-refractivity contribution in [2.75, 3.05) is 37.9 Å². The molecule has 3 aliphatic rings. The van der Waals surface area contributed by atoms with Crippen molar-refractivity contribution in [2.45, 2.75) is 19.0 Å². The highest BCUT2D eigenvalue weighted by molar-refractivity contribution is 6.21. The number of carbonyl (C=O) groups is 3. The normalized spacial score (nSPS) is 24.8. The fourth-order valence-electron chi connectivity index (χ4n) is 4.76. The Hall–Kier alpha value is -3.43. The van der Waals surface area contributed by atoms with E-state index in [4.69, 9.17) is 9.47 Å². The molecule has 2 aromatic carbocycles. The summed E-state index contributed by atoms with van der Waals surface area (Å²) in [4.78, 5) is 40.3. The molecule has 2 N–H and O–H groups in total. The van der Waals surface area contributed by atoms with Crippen LogP contribution in [0.2, 0.25) is 0 Å². The van der Waals surface area contributed by atoms with E-state index in [9.17, 15) is 19.5 Å². The number of carboxylic acid groups (broad SMARTS) is 1. The number of carbonyl (C=O) groups excluding carboxylic acids is 3. The number of aromatic carboxylic acids is 1. The first kappa shape index (κ1) is 20.5. The molecule has 2 fully saturated rings. The summed E-state index contributed by atoms with van der Waals surface area (Å²) in [6.45, 7) is 4.56. The minimum Gasteiger partial charge on any atom is -0.545 e. The molecule has 1 atom stereocenters. The monoisotopic (exact) mass is 438 g/mol. The summed E-state index contributed by atoms with van der Waals surface area (Å²) >= 11 is 0. The van der Waals surface area contributed by atoms with Gasteiger partial charge in [0.15, 0.2) is 17.5 Å². The van der Waals surface area contributed by atoms with Gasteiger partial charge in [-0.05, 0) is 35.9 Å². The van der Waals surface area contributed by atoms with Crippen LogP contribution in [0.1, 0.15) is 22.3 Å². The van der Waals surface area contributed by atoms with Crippen LogP contribution in [0.15, 0.2) is 42.5 Å². The molecule has 2 aromatic rings. The van der Waals surface area contributed by atoms with E-state index in [0.717, 1.165) is 49.1 Å². The summed E-state index contributed by atoms with van der Waals surface area (Å²) in [6.07, 6.45) is 0.175. The van der Waals surface area contributed by atoms with E-state index in [-0.39, 0.29) is 30.6 Å². The highest BCUT2D eigenvalue weighted by atomic mass is 16.7. The Kier molecular flexibility index (Phi) is 5.28. The molecule has 3 aliphatic heterocycles. The van der Waals surface area contributed by atoms with Crippen LogP contribution in [-0.2, 0) is 16.1 Å². The van der Waals surface area contributed by atoms with Crippen molar-refractivity contribution < 1.29 is 38.8 Å². The summed E-state index contributed by atoms with van der Waals surface area (Å²) in [6, 6.07) is 11.3. The first-order chi connectivity index (χ1) is 15.5. The van der Waals surface area contributed by atoms with E-state index in [1.54, 1.807) is 0 Å². The van der Waals surface area contributed by atoms with Crippen LogP contribution >= 0.6 is 0 Å². The Morgan fingerprint density at radius 2 is 1.72 bits per heavy atom. The summed E-state index contributed by atoms with van der Waals surface area (Å²) in [7, 11) is 0. The van der Waals surface area contributed by atoms with Crippen molar-refractivity contribution in [1.29, 1.82) is 0 Å². The minimum atomic E-state index is -1.29. The van der Waals surface area contributed by atoms with Crippen LogP contribution in [0.5, 0.6) is 11.5 Å². The molecule has 5 rings (SSSR count). The Labute approximate surface area is 184 Å². The number of benzene rings is 2. The lowest BCUT2D eigenvalue weighted by Crippen LogP contribution is -3.29. The van der Waals surface area contributed by atoms with Gasteiger partial charge >= 0.3 is 0 Å². The average Bonchev–Trinajstić information content (AvgIpc) is 3.38. The van der Waals surface area contributed by atoms with Crippen LogP contribution in [0.4, 0.5) is 5.69 Å². The Balaban J connectivity index is 1.20. The van der Waals surface area contributed by atoms with Crippen LogP contribution in [0.25, 0.3) is 0 Å². The third-order valence-corrected chi connectivity index (χ3v) is 6.49. The second-order valence-electron chi connectivity index (χ2n) is 8.43. The number of nitrogens with one attached hydrogen (secondary N) is 2. The second-order valence-corrected chi connectivity index (χ2v) is 8.43. The predicted molar refractivity (Wildman–Crippen MR) is 109 cm³/mol. The van der Waals surface area contributed by atoms with Gasteiger partial charge in [0.25, 0.3) is 5.91 Å². The molecular formula is C23H24N3O6+. The third-order valence-electron chi connectivity index (χ3n) is 6.49. The van der Waals surface area contributed by atoms with Gasteiger partial charge < -0.3 is 29.2 Å². The first-order valence-electron chi connectivity index (χ1n) is 10.7. The van der Waals surface area contributed by atoms with Gasteiger partial charge in [-0.1, -0.05) is 12.1 Å². The number of carboxylic acids is 1. The lowest BCUT2D eigenvalue weighted by molar-refractivity contribution is -1.02. The number of hydrogen-bond acceptors (Lipinski definition) is 6. The van der Waals surface area contributed by atoms with Crippen molar-refractivity contribution in [3.05, 3.63) is 53.6 Å². The number of fused-ring (bicyclic) bond motifs is 1. The van der Waals surface area contributed by atoms with Gasteiger partial charge in [0, 0.05) is 5.56 Å². The van der Waals surface area contributed by atoms with Gasteiger partial charge in [0.05, 0.1) is 18.1 Å². The summed E-state index contributed by atoms with van der Waals surface area (Å²) in [5.41, 5.74) is 1.60. The fraction of sp³-hybridized carbons (Fsp3) is 0.348. The van der Waals surface area contributed by atoms with E-state index in [2.05, 4.69) is 6.07 Å². The average molecular weight is 438 g/mol. The first-order valence-corrected chi connectivity index (χ1v) is 10.7. The summed E-state index contributed by atoms with van der Waals surface area (Å²) < 4.78 is 10.8. The maximum absolute atomic E-state index is 13.0. The highest BCUT2D eigenvalue weighted by Crippen LogP contribution is 2.32. The molecule has 0 spiro atoms. The van der Waals surface area contributed by atoms with E-state index in [1.807, 2.05) is 12.1 Å². The number of imide groups is 1. The van der Waals surface area contributed by atoms with Gasteiger partial charge in [-0.15, -0.1) is 0 Å². The SMILES string of the molecule is O=C([O-])c1ccc(N2C(=O)C[C@H]([NH+]3CC[NH+](Cc4ccc5c(c4)OCO5)CC3)C2=O)cc1. The minimum absolute atomic E-state index is 0.0107. The van der Waals surface area contributed by atoms with Gasteiger partial charge in [-0.25, -0.2) is 4.90 Å². The molecule has 166 valence electrons. The zero-order valence-corrected chi connectivity index (χ0v) is 17.5. The highest BCUT2D eigenvalue weighted by Gasteiger charge is 2.46. The zero-order chi connectivity index (χ0) is 22.2. The van der Waals surface area contributed by atoms with Crippen molar-refractivity contribution in [3.8, 4) is 11.5 Å². The number of ether oxygens (including phenoxy) is 2. The molecule has 0 radical (unpaired) electrons. The van der Waals surface area contributed by atoms with E-state index >= 15 is 0 Å².